The van der Waals surface area contributed by atoms with Crippen LogP contribution in [0.5, 0.6) is 0 Å². The Morgan fingerprint density at radius 3 is 2.23 bits per heavy atom. The lowest BCUT2D eigenvalue weighted by molar-refractivity contribution is -0.111. The molecule has 0 aromatic heterocycles. The first-order valence-electron chi connectivity index (χ1n) is 3.92. The fourth-order valence-corrected chi connectivity index (χ4v) is 2.08. The Balaban J connectivity index is 3.17. The van der Waals surface area contributed by atoms with Gasteiger partial charge in [0.2, 0.25) is 9.84 Å². The fraction of sp³-hybridized carbons (Fsp3) is 0.222. The lowest BCUT2D eigenvalue weighted by Crippen LogP contribution is -2.13. The van der Waals surface area contributed by atoms with Gasteiger partial charge in [-0.25, -0.2) is 8.42 Å². The van der Waals surface area contributed by atoms with Crippen molar-refractivity contribution in [1.29, 1.82) is 0 Å². The molecule has 0 radical (unpaired) electrons. The van der Waals surface area contributed by atoms with E-state index >= 15 is 0 Å². The third kappa shape index (κ3) is 1.95. The summed E-state index contributed by atoms with van der Waals surface area (Å²) in [6.07, 6.45) is 0.0111. The van der Waals surface area contributed by atoms with Crippen molar-refractivity contribution in [2.45, 2.75) is 18.2 Å². The molecule has 0 amide bonds. The van der Waals surface area contributed by atoms with Gasteiger partial charge in [0.05, 0.1) is 4.90 Å². The van der Waals surface area contributed by atoms with E-state index in [1.165, 1.54) is 19.1 Å². The van der Waals surface area contributed by atoms with Gasteiger partial charge in [0.1, 0.15) is 0 Å². The molecule has 0 aliphatic heterocycles. The summed E-state index contributed by atoms with van der Waals surface area (Å²) < 4.78 is 22.8. The van der Waals surface area contributed by atoms with E-state index in [1.54, 1.807) is 18.2 Å². The molecule has 0 bridgehead atoms. The summed E-state index contributed by atoms with van der Waals surface area (Å²) in [5.41, 5.74) is 0. The summed E-state index contributed by atoms with van der Waals surface area (Å²) >= 11 is 0. The Morgan fingerprint density at radius 1 is 1.23 bits per heavy atom. The van der Waals surface area contributed by atoms with Crippen LogP contribution in [-0.4, -0.2) is 13.5 Å². The molecule has 1 rings (SSSR count). The summed E-state index contributed by atoms with van der Waals surface area (Å²) in [4.78, 5) is 11.1. The highest BCUT2D eigenvalue weighted by Crippen LogP contribution is 2.11. The highest BCUT2D eigenvalue weighted by Gasteiger charge is 2.21. The predicted molar refractivity (Wildman–Crippen MR) is 48.9 cm³/mol. The van der Waals surface area contributed by atoms with Crippen LogP contribution in [-0.2, 0) is 14.6 Å². The van der Waals surface area contributed by atoms with Crippen LogP contribution in [0.15, 0.2) is 35.2 Å². The number of rotatable bonds is 2. The SMILES string of the molecule is CCC(=O)S(=O)(=O)c1ccccc1. The van der Waals surface area contributed by atoms with E-state index in [0.29, 0.717) is 0 Å². The van der Waals surface area contributed by atoms with Gasteiger partial charge in [-0.05, 0) is 12.1 Å². The molecule has 13 heavy (non-hydrogen) atoms. The molecule has 1 aromatic carbocycles. The van der Waals surface area contributed by atoms with Crippen LogP contribution < -0.4 is 0 Å². The minimum absolute atomic E-state index is 0.0111. The number of sulfone groups is 1. The topological polar surface area (TPSA) is 51.2 Å². The molecule has 1 aromatic rings. The van der Waals surface area contributed by atoms with E-state index in [2.05, 4.69) is 0 Å². The minimum Gasteiger partial charge on any atom is -0.281 e. The highest BCUT2D eigenvalue weighted by atomic mass is 32.2. The maximum Gasteiger partial charge on any atom is 0.250 e. The Morgan fingerprint density at radius 2 is 1.77 bits per heavy atom. The molecule has 0 aliphatic rings. The van der Waals surface area contributed by atoms with Crippen LogP contribution in [0.3, 0.4) is 0 Å². The van der Waals surface area contributed by atoms with Crippen LogP contribution in [0.25, 0.3) is 0 Å². The van der Waals surface area contributed by atoms with Gasteiger partial charge in [-0.15, -0.1) is 0 Å². The molecule has 0 unspecified atom stereocenters. The van der Waals surface area contributed by atoms with Crippen molar-refractivity contribution in [2.75, 3.05) is 0 Å². The van der Waals surface area contributed by atoms with Crippen LogP contribution in [0.4, 0.5) is 0 Å². The largest absolute Gasteiger partial charge is 0.281 e. The number of hydrogen-bond donors (Lipinski definition) is 0. The smallest absolute Gasteiger partial charge is 0.250 e. The second kappa shape index (κ2) is 3.70. The van der Waals surface area contributed by atoms with Crippen molar-refractivity contribution in [2.24, 2.45) is 0 Å². The molecule has 70 valence electrons. The van der Waals surface area contributed by atoms with Crippen LogP contribution in [0.1, 0.15) is 13.3 Å². The number of carbonyl (C=O) groups excluding carboxylic acids is 1. The van der Waals surface area contributed by atoms with E-state index in [4.69, 9.17) is 0 Å². The summed E-state index contributed by atoms with van der Waals surface area (Å²) in [5.74, 6) is 0. The number of benzene rings is 1. The zero-order valence-electron chi connectivity index (χ0n) is 7.23. The molecule has 3 nitrogen and oxygen atoms in total. The third-order valence-corrected chi connectivity index (χ3v) is 3.42. The van der Waals surface area contributed by atoms with Gasteiger partial charge in [0, 0.05) is 6.42 Å². The summed E-state index contributed by atoms with van der Waals surface area (Å²) in [7, 11) is -3.73. The molecule has 0 spiro atoms. The molecule has 0 aliphatic carbocycles. The first-order chi connectivity index (χ1) is 6.09. The van der Waals surface area contributed by atoms with E-state index in [9.17, 15) is 13.2 Å². The van der Waals surface area contributed by atoms with E-state index in [1.807, 2.05) is 0 Å². The Hall–Kier alpha value is -1.16. The highest BCUT2D eigenvalue weighted by molar-refractivity contribution is 8.06. The first kappa shape index (κ1) is 9.92. The second-order valence-electron chi connectivity index (χ2n) is 2.54. The van der Waals surface area contributed by atoms with Crippen molar-refractivity contribution in [3.05, 3.63) is 30.3 Å². The maximum atomic E-state index is 11.4. The lowest BCUT2D eigenvalue weighted by Gasteiger charge is -1.99. The van der Waals surface area contributed by atoms with Crippen molar-refractivity contribution < 1.29 is 13.2 Å². The Kier molecular flexibility index (Phi) is 2.83. The van der Waals surface area contributed by atoms with Gasteiger partial charge in [0.15, 0.2) is 0 Å². The third-order valence-electron chi connectivity index (χ3n) is 1.64. The molecule has 0 fully saturated rings. The fourth-order valence-electron chi connectivity index (χ4n) is 0.921. The summed E-state index contributed by atoms with van der Waals surface area (Å²) in [6, 6.07) is 7.73. The molecule has 0 saturated carbocycles. The first-order valence-corrected chi connectivity index (χ1v) is 5.40. The summed E-state index contributed by atoms with van der Waals surface area (Å²) in [6.45, 7) is 1.53. The average molecular weight is 198 g/mol. The van der Waals surface area contributed by atoms with Crippen molar-refractivity contribution >= 4 is 15.0 Å². The molecule has 0 saturated heterocycles. The number of hydrogen-bond acceptors (Lipinski definition) is 3. The zero-order valence-corrected chi connectivity index (χ0v) is 8.04. The maximum absolute atomic E-state index is 11.4. The van der Waals surface area contributed by atoms with Crippen LogP contribution >= 0.6 is 0 Å². The quantitative estimate of drug-likeness (QED) is 0.721. The number of carbonyl (C=O) groups is 1. The molecular formula is C9H10O3S. The Bertz CT molecular complexity index is 392. The van der Waals surface area contributed by atoms with Crippen molar-refractivity contribution in [1.82, 2.24) is 0 Å². The standard InChI is InChI=1S/C9H10O3S/c1-2-9(10)13(11,12)8-6-4-3-5-7-8/h3-7H,2H2,1H3. The van der Waals surface area contributed by atoms with Crippen LogP contribution in [0.2, 0.25) is 0 Å². The zero-order chi connectivity index (χ0) is 9.90. The van der Waals surface area contributed by atoms with Gasteiger partial charge in [0.25, 0.3) is 5.12 Å². The van der Waals surface area contributed by atoms with Gasteiger partial charge in [-0.1, -0.05) is 25.1 Å². The van der Waals surface area contributed by atoms with Gasteiger partial charge >= 0.3 is 0 Å². The van der Waals surface area contributed by atoms with Crippen molar-refractivity contribution in [3.63, 3.8) is 0 Å². The van der Waals surface area contributed by atoms with E-state index in [-0.39, 0.29) is 11.3 Å². The molecule has 0 N–H and O–H groups in total. The molecule has 0 atom stereocenters. The average Bonchev–Trinajstić information content (AvgIpc) is 2.18. The minimum atomic E-state index is -3.73. The van der Waals surface area contributed by atoms with Gasteiger partial charge < -0.3 is 0 Å². The normalized spacial score (nSPS) is 11.2. The van der Waals surface area contributed by atoms with Gasteiger partial charge in [-0.3, -0.25) is 4.79 Å². The molecule has 4 heteroatoms. The molecular weight excluding hydrogens is 188 g/mol. The van der Waals surface area contributed by atoms with E-state index < -0.39 is 15.0 Å². The summed E-state index contributed by atoms with van der Waals surface area (Å²) in [5, 5.41) is -0.737. The van der Waals surface area contributed by atoms with Crippen LogP contribution in [0, 0.1) is 0 Å². The van der Waals surface area contributed by atoms with Gasteiger partial charge in [-0.2, -0.15) is 0 Å². The van der Waals surface area contributed by atoms with E-state index in [0.717, 1.165) is 0 Å². The van der Waals surface area contributed by atoms with Crippen molar-refractivity contribution in [3.8, 4) is 0 Å². The Labute approximate surface area is 77.3 Å². The monoisotopic (exact) mass is 198 g/mol. The molecule has 0 heterocycles. The lowest BCUT2D eigenvalue weighted by atomic mass is 10.4. The predicted octanol–water partition coefficient (Wildman–Crippen LogP) is 1.40. The second-order valence-corrected chi connectivity index (χ2v) is 4.48.